The molecule has 0 aliphatic carbocycles. The highest BCUT2D eigenvalue weighted by atomic mass is 16.4. The Balaban J connectivity index is 1.65. The van der Waals surface area contributed by atoms with E-state index < -0.39 is 0 Å². The van der Waals surface area contributed by atoms with Crippen LogP contribution in [-0.4, -0.2) is 37.7 Å². The first-order chi connectivity index (χ1) is 13.0. The molecular formula is C19H24N6O2. The number of benzene rings is 1. The first kappa shape index (κ1) is 18.6. The minimum Gasteiger partial charge on any atom is -0.419 e. The molecule has 1 unspecified atom stereocenters. The Kier molecular flexibility index (Phi) is 5.54. The van der Waals surface area contributed by atoms with E-state index in [1.165, 1.54) is 4.90 Å². The monoisotopic (exact) mass is 368 g/mol. The van der Waals surface area contributed by atoms with Crippen LogP contribution in [0, 0.1) is 5.92 Å². The predicted molar refractivity (Wildman–Crippen MR) is 101 cm³/mol. The van der Waals surface area contributed by atoms with E-state index in [1.54, 1.807) is 13.2 Å². The van der Waals surface area contributed by atoms with E-state index in [9.17, 15) is 4.79 Å². The van der Waals surface area contributed by atoms with Crippen molar-refractivity contribution in [2.75, 3.05) is 7.05 Å². The Hall–Kier alpha value is -3.16. The second-order valence-corrected chi connectivity index (χ2v) is 6.79. The summed E-state index contributed by atoms with van der Waals surface area (Å²) in [4.78, 5) is 18.5. The number of hydrogen-bond donors (Lipinski definition) is 1. The fraction of sp³-hybridized carbons (Fsp3) is 0.368. The lowest BCUT2D eigenvalue weighted by atomic mass is 10.0. The molecule has 27 heavy (non-hydrogen) atoms. The minimum absolute atomic E-state index is 0.191. The Bertz CT molecular complexity index is 887. The number of urea groups is 1. The molecule has 0 bridgehead atoms. The zero-order valence-electron chi connectivity index (χ0n) is 16.0. The molecule has 0 fully saturated rings. The van der Waals surface area contributed by atoms with Crippen LogP contribution in [0.5, 0.6) is 0 Å². The van der Waals surface area contributed by atoms with Crippen molar-refractivity contribution in [1.82, 2.24) is 30.0 Å². The number of nitrogens with one attached hydrogen (secondary N) is 1. The number of imidazole rings is 1. The van der Waals surface area contributed by atoms with Gasteiger partial charge in [0.15, 0.2) is 0 Å². The summed E-state index contributed by atoms with van der Waals surface area (Å²) in [6, 6.07) is 9.11. The van der Waals surface area contributed by atoms with E-state index in [-0.39, 0.29) is 24.5 Å². The first-order valence-corrected chi connectivity index (χ1v) is 8.82. The molecule has 0 saturated heterocycles. The van der Waals surface area contributed by atoms with Gasteiger partial charge >= 0.3 is 6.03 Å². The third-order valence-corrected chi connectivity index (χ3v) is 4.29. The van der Waals surface area contributed by atoms with Crippen molar-refractivity contribution in [2.24, 2.45) is 13.0 Å². The summed E-state index contributed by atoms with van der Waals surface area (Å²) in [7, 11) is 3.61. The number of aryl methyl sites for hydroxylation is 1. The normalized spacial score (nSPS) is 12.2. The van der Waals surface area contributed by atoms with Gasteiger partial charge in [0.25, 0.3) is 0 Å². The maximum Gasteiger partial charge on any atom is 0.318 e. The second-order valence-electron chi connectivity index (χ2n) is 6.79. The van der Waals surface area contributed by atoms with E-state index in [4.69, 9.17) is 4.42 Å². The fourth-order valence-electron chi connectivity index (χ4n) is 2.74. The molecule has 0 aliphatic rings. The minimum atomic E-state index is -0.226. The third kappa shape index (κ3) is 4.33. The molecule has 1 N–H and O–H groups in total. The summed E-state index contributed by atoms with van der Waals surface area (Å²) in [6.45, 7) is 4.31. The van der Waals surface area contributed by atoms with Crippen LogP contribution in [0.25, 0.3) is 11.5 Å². The lowest BCUT2D eigenvalue weighted by Crippen LogP contribution is -2.41. The number of rotatable bonds is 6. The quantitative estimate of drug-likeness (QED) is 0.722. The fourth-order valence-corrected chi connectivity index (χ4v) is 2.74. The van der Waals surface area contributed by atoms with Crippen molar-refractivity contribution in [3.05, 3.63) is 54.4 Å². The number of hydrogen-bond acceptors (Lipinski definition) is 5. The van der Waals surface area contributed by atoms with E-state index in [0.717, 1.165) is 11.4 Å². The molecule has 0 spiro atoms. The van der Waals surface area contributed by atoms with Gasteiger partial charge in [-0.2, -0.15) is 0 Å². The highest BCUT2D eigenvalue weighted by Crippen LogP contribution is 2.21. The summed E-state index contributed by atoms with van der Waals surface area (Å²) in [5.74, 6) is 1.82. The highest BCUT2D eigenvalue weighted by molar-refractivity contribution is 5.74. The van der Waals surface area contributed by atoms with Gasteiger partial charge in [-0.05, 0) is 18.1 Å². The summed E-state index contributed by atoms with van der Waals surface area (Å²) in [5.41, 5.74) is 0.845. The van der Waals surface area contributed by atoms with Gasteiger partial charge in [0.2, 0.25) is 11.8 Å². The Labute approximate surface area is 158 Å². The third-order valence-electron chi connectivity index (χ3n) is 4.29. The molecule has 1 atom stereocenters. The molecule has 3 aromatic rings. The summed E-state index contributed by atoms with van der Waals surface area (Å²) < 4.78 is 7.59. The van der Waals surface area contributed by atoms with Crippen LogP contribution in [0.2, 0.25) is 0 Å². The van der Waals surface area contributed by atoms with Crippen LogP contribution in [0.3, 0.4) is 0 Å². The molecule has 8 heteroatoms. The lowest BCUT2D eigenvalue weighted by Gasteiger charge is -2.25. The summed E-state index contributed by atoms with van der Waals surface area (Å²) in [5, 5.41) is 11.1. The molecule has 1 aromatic carbocycles. The van der Waals surface area contributed by atoms with Crippen LogP contribution in [0.15, 0.2) is 47.1 Å². The average molecular weight is 368 g/mol. The van der Waals surface area contributed by atoms with Crippen molar-refractivity contribution in [3.8, 4) is 11.5 Å². The number of carbonyl (C=O) groups excluding carboxylic acids is 1. The number of amides is 2. The predicted octanol–water partition coefficient (Wildman–Crippen LogP) is 3.01. The topological polar surface area (TPSA) is 89.1 Å². The largest absolute Gasteiger partial charge is 0.419 e. The van der Waals surface area contributed by atoms with E-state index >= 15 is 0 Å². The average Bonchev–Trinajstić information content (AvgIpc) is 3.29. The van der Waals surface area contributed by atoms with Gasteiger partial charge < -0.3 is 19.2 Å². The maximum absolute atomic E-state index is 12.6. The van der Waals surface area contributed by atoms with Crippen molar-refractivity contribution in [2.45, 2.75) is 26.4 Å². The molecular weight excluding hydrogens is 344 g/mol. The van der Waals surface area contributed by atoms with Crippen LogP contribution >= 0.6 is 0 Å². The van der Waals surface area contributed by atoms with Gasteiger partial charge in [0.1, 0.15) is 12.4 Å². The first-order valence-electron chi connectivity index (χ1n) is 8.82. The van der Waals surface area contributed by atoms with Gasteiger partial charge in [0.05, 0.1) is 6.04 Å². The van der Waals surface area contributed by atoms with Crippen LogP contribution in [-0.2, 0) is 13.6 Å². The molecule has 2 aromatic heterocycles. The van der Waals surface area contributed by atoms with Gasteiger partial charge in [0, 0.05) is 32.1 Å². The molecule has 2 heterocycles. The SMILES string of the molecule is CC(C)C(NC(=O)N(C)Cc1nnc(-c2ccccc2)o1)c1nccn1C. The van der Waals surface area contributed by atoms with Crippen LogP contribution in [0.4, 0.5) is 4.79 Å². The Morgan fingerprint density at radius 2 is 2.00 bits per heavy atom. The molecule has 0 aliphatic heterocycles. The van der Waals surface area contributed by atoms with E-state index in [2.05, 4.69) is 20.5 Å². The van der Waals surface area contributed by atoms with Gasteiger partial charge in [-0.25, -0.2) is 9.78 Å². The molecule has 3 rings (SSSR count). The van der Waals surface area contributed by atoms with Crippen LogP contribution in [0.1, 0.15) is 31.6 Å². The van der Waals surface area contributed by atoms with Gasteiger partial charge in [-0.3, -0.25) is 0 Å². The lowest BCUT2D eigenvalue weighted by molar-refractivity contribution is 0.193. The molecule has 0 radical (unpaired) electrons. The van der Waals surface area contributed by atoms with Crippen LogP contribution < -0.4 is 5.32 Å². The Morgan fingerprint density at radius 3 is 2.63 bits per heavy atom. The van der Waals surface area contributed by atoms with Crippen molar-refractivity contribution in [1.29, 1.82) is 0 Å². The number of nitrogens with zero attached hydrogens (tertiary/aromatic N) is 5. The number of aromatic nitrogens is 4. The van der Waals surface area contributed by atoms with Gasteiger partial charge in [-0.1, -0.05) is 32.0 Å². The zero-order chi connectivity index (χ0) is 19.4. The molecule has 0 saturated carbocycles. The Morgan fingerprint density at radius 1 is 1.26 bits per heavy atom. The second kappa shape index (κ2) is 8.03. The van der Waals surface area contributed by atoms with Gasteiger partial charge in [-0.15, -0.1) is 10.2 Å². The molecule has 8 nitrogen and oxygen atoms in total. The smallest absolute Gasteiger partial charge is 0.318 e. The zero-order valence-corrected chi connectivity index (χ0v) is 16.0. The number of carbonyl (C=O) groups is 1. The molecule has 2 amide bonds. The van der Waals surface area contributed by atoms with E-state index in [0.29, 0.717) is 11.8 Å². The van der Waals surface area contributed by atoms with Crippen molar-refractivity contribution in [3.63, 3.8) is 0 Å². The maximum atomic E-state index is 12.6. The van der Waals surface area contributed by atoms with Crippen molar-refractivity contribution < 1.29 is 9.21 Å². The standard InChI is InChI=1S/C19H24N6O2/c1-13(2)16(17-20-10-11-24(17)3)21-19(26)25(4)12-15-22-23-18(27-15)14-8-6-5-7-9-14/h5-11,13,16H,12H2,1-4H3,(H,21,26). The summed E-state index contributed by atoms with van der Waals surface area (Å²) >= 11 is 0. The summed E-state index contributed by atoms with van der Waals surface area (Å²) in [6.07, 6.45) is 3.59. The molecule has 142 valence electrons. The van der Waals surface area contributed by atoms with E-state index in [1.807, 2.05) is 62.0 Å². The van der Waals surface area contributed by atoms with Crippen molar-refractivity contribution >= 4 is 6.03 Å². The highest BCUT2D eigenvalue weighted by Gasteiger charge is 2.24.